The number of pyridine rings is 1. The quantitative estimate of drug-likeness (QED) is 0.439. The molecule has 0 radical (unpaired) electrons. The van der Waals surface area contributed by atoms with Crippen LogP contribution in [0.25, 0.3) is 22.3 Å². The van der Waals surface area contributed by atoms with Gasteiger partial charge in [0, 0.05) is 16.7 Å². The van der Waals surface area contributed by atoms with Gasteiger partial charge in [-0.3, -0.25) is 9.59 Å². The Balaban J connectivity index is 1.88. The van der Waals surface area contributed by atoms with E-state index in [4.69, 9.17) is 10.2 Å². The Morgan fingerprint density at radius 2 is 1.84 bits per heavy atom. The SMILES string of the molecule is Cc1cc(C(C)Nc2ccc(F)nc2C(N)=O)c2oc(-c3ccccc3)c(C)c(=O)c2c1. The molecule has 4 aromatic rings. The molecule has 0 saturated carbocycles. The van der Waals surface area contributed by atoms with Crippen molar-refractivity contribution in [3.63, 3.8) is 0 Å². The van der Waals surface area contributed by atoms with Crippen molar-refractivity contribution in [2.24, 2.45) is 5.73 Å². The van der Waals surface area contributed by atoms with Crippen LogP contribution in [0.3, 0.4) is 0 Å². The lowest BCUT2D eigenvalue weighted by Crippen LogP contribution is -2.19. The van der Waals surface area contributed by atoms with Gasteiger partial charge in [-0.25, -0.2) is 4.98 Å². The minimum atomic E-state index is -0.846. The van der Waals surface area contributed by atoms with Gasteiger partial charge in [-0.05, 0) is 44.5 Å². The summed E-state index contributed by atoms with van der Waals surface area (Å²) in [5, 5.41) is 3.63. The van der Waals surface area contributed by atoms with E-state index in [0.717, 1.165) is 17.2 Å². The molecule has 4 rings (SSSR count). The number of anilines is 1. The van der Waals surface area contributed by atoms with Gasteiger partial charge in [0.15, 0.2) is 11.1 Å². The minimum Gasteiger partial charge on any atom is -0.455 e. The molecule has 2 aromatic carbocycles. The maximum absolute atomic E-state index is 13.5. The van der Waals surface area contributed by atoms with Crippen LogP contribution in [0.1, 0.15) is 40.1 Å². The number of fused-ring (bicyclic) bond motifs is 1. The van der Waals surface area contributed by atoms with E-state index in [-0.39, 0.29) is 11.1 Å². The zero-order valence-electron chi connectivity index (χ0n) is 17.9. The fourth-order valence-corrected chi connectivity index (χ4v) is 3.80. The van der Waals surface area contributed by atoms with E-state index in [0.29, 0.717) is 33.5 Å². The van der Waals surface area contributed by atoms with Gasteiger partial charge in [-0.1, -0.05) is 36.4 Å². The molecule has 32 heavy (non-hydrogen) atoms. The van der Waals surface area contributed by atoms with Crippen LogP contribution in [0.2, 0.25) is 0 Å². The third-order valence-electron chi connectivity index (χ3n) is 5.36. The molecule has 0 aliphatic rings. The number of carbonyl (C=O) groups excluding carboxylic acids is 1. The molecule has 0 fully saturated rings. The van der Waals surface area contributed by atoms with Gasteiger partial charge < -0.3 is 15.5 Å². The maximum atomic E-state index is 13.5. The molecule has 1 unspecified atom stereocenters. The normalized spacial score (nSPS) is 12.0. The summed E-state index contributed by atoms with van der Waals surface area (Å²) in [5.41, 5.74) is 8.72. The van der Waals surface area contributed by atoms with Crippen molar-refractivity contribution in [2.45, 2.75) is 26.8 Å². The fourth-order valence-electron chi connectivity index (χ4n) is 3.80. The highest BCUT2D eigenvalue weighted by Gasteiger charge is 2.20. The molecule has 2 heterocycles. The van der Waals surface area contributed by atoms with Gasteiger partial charge in [-0.15, -0.1) is 0 Å². The topological polar surface area (TPSA) is 98.2 Å². The first kappa shape index (κ1) is 21.2. The second-order valence-corrected chi connectivity index (χ2v) is 7.74. The van der Waals surface area contributed by atoms with E-state index in [1.807, 2.05) is 50.2 Å². The van der Waals surface area contributed by atoms with E-state index in [2.05, 4.69) is 10.3 Å². The van der Waals surface area contributed by atoms with Crippen LogP contribution in [0.4, 0.5) is 10.1 Å². The van der Waals surface area contributed by atoms with Gasteiger partial charge >= 0.3 is 0 Å². The standard InChI is InChI=1S/C25H22FN3O3/c1-13-11-17(15(3)28-19-9-10-20(26)29-21(19)25(27)31)24-18(12-13)22(30)14(2)23(32-24)16-7-5-4-6-8-16/h4-12,15,28H,1-3H3,(H2,27,31). The van der Waals surface area contributed by atoms with Crippen LogP contribution in [0.5, 0.6) is 0 Å². The Kier molecular flexibility index (Phi) is 5.48. The summed E-state index contributed by atoms with van der Waals surface area (Å²) < 4.78 is 19.8. The van der Waals surface area contributed by atoms with E-state index in [1.54, 1.807) is 13.0 Å². The Morgan fingerprint density at radius 3 is 2.53 bits per heavy atom. The number of primary amides is 1. The molecule has 0 aliphatic heterocycles. The van der Waals surface area contributed by atoms with E-state index >= 15 is 0 Å². The molecule has 162 valence electrons. The Hall–Kier alpha value is -4.00. The summed E-state index contributed by atoms with van der Waals surface area (Å²) in [6.07, 6.45) is 0. The van der Waals surface area contributed by atoms with Crippen molar-refractivity contribution in [3.8, 4) is 11.3 Å². The molecule has 1 atom stereocenters. The molecule has 0 bridgehead atoms. The first-order valence-electron chi connectivity index (χ1n) is 10.1. The third-order valence-corrected chi connectivity index (χ3v) is 5.36. The van der Waals surface area contributed by atoms with E-state index < -0.39 is 17.9 Å². The zero-order valence-corrected chi connectivity index (χ0v) is 17.9. The predicted octanol–water partition coefficient (Wildman–Crippen LogP) is 4.88. The van der Waals surface area contributed by atoms with Crippen LogP contribution in [-0.4, -0.2) is 10.9 Å². The number of halogens is 1. The van der Waals surface area contributed by atoms with Crippen LogP contribution >= 0.6 is 0 Å². The first-order valence-corrected chi connectivity index (χ1v) is 10.1. The number of nitrogens with zero attached hydrogens (tertiary/aromatic N) is 1. The maximum Gasteiger partial charge on any atom is 0.269 e. The number of aryl methyl sites for hydroxylation is 1. The number of amides is 1. The Labute approximate surface area is 183 Å². The largest absolute Gasteiger partial charge is 0.455 e. The van der Waals surface area contributed by atoms with E-state index in [9.17, 15) is 14.0 Å². The predicted molar refractivity (Wildman–Crippen MR) is 122 cm³/mol. The lowest BCUT2D eigenvalue weighted by molar-refractivity contribution is 0.0995. The smallest absolute Gasteiger partial charge is 0.269 e. The van der Waals surface area contributed by atoms with Crippen LogP contribution in [0.15, 0.2) is 63.8 Å². The average molecular weight is 431 g/mol. The summed E-state index contributed by atoms with van der Waals surface area (Å²) in [6, 6.07) is 15.3. The molecule has 6 nitrogen and oxygen atoms in total. The Morgan fingerprint density at radius 1 is 1.12 bits per heavy atom. The molecule has 0 saturated heterocycles. The number of nitrogens with two attached hydrogens (primary N) is 1. The van der Waals surface area contributed by atoms with Crippen LogP contribution in [-0.2, 0) is 0 Å². The number of benzene rings is 2. The number of rotatable bonds is 5. The van der Waals surface area contributed by atoms with Gasteiger partial charge in [0.05, 0.1) is 17.1 Å². The van der Waals surface area contributed by atoms with Crippen LogP contribution < -0.4 is 16.5 Å². The van der Waals surface area contributed by atoms with Crippen molar-refractivity contribution < 1.29 is 13.6 Å². The average Bonchev–Trinajstić information content (AvgIpc) is 2.77. The highest BCUT2D eigenvalue weighted by atomic mass is 19.1. The van der Waals surface area contributed by atoms with Gasteiger partial charge in [0.2, 0.25) is 5.95 Å². The molecular weight excluding hydrogens is 409 g/mol. The molecule has 2 aromatic heterocycles. The monoisotopic (exact) mass is 431 g/mol. The minimum absolute atomic E-state index is 0.108. The van der Waals surface area contributed by atoms with Crippen molar-refractivity contribution in [1.29, 1.82) is 0 Å². The Bertz CT molecular complexity index is 1400. The second kappa shape index (κ2) is 8.26. The van der Waals surface area contributed by atoms with Gasteiger partial charge in [0.25, 0.3) is 5.91 Å². The summed E-state index contributed by atoms with van der Waals surface area (Å²) in [7, 11) is 0. The highest BCUT2D eigenvalue weighted by molar-refractivity contribution is 5.96. The summed E-state index contributed by atoms with van der Waals surface area (Å²) in [6.45, 7) is 5.49. The van der Waals surface area contributed by atoms with Gasteiger partial charge in [0.1, 0.15) is 11.3 Å². The number of hydrogen-bond acceptors (Lipinski definition) is 5. The van der Waals surface area contributed by atoms with E-state index in [1.165, 1.54) is 6.07 Å². The van der Waals surface area contributed by atoms with Crippen molar-refractivity contribution in [1.82, 2.24) is 4.98 Å². The molecule has 0 spiro atoms. The second-order valence-electron chi connectivity index (χ2n) is 7.74. The number of nitrogens with one attached hydrogen (secondary N) is 1. The molecule has 1 amide bonds. The first-order chi connectivity index (χ1) is 15.3. The fraction of sp³-hybridized carbons (Fsp3) is 0.160. The van der Waals surface area contributed by atoms with Crippen molar-refractivity contribution >= 4 is 22.6 Å². The molecule has 7 heteroatoms. The summed E-state index contributed by atoms with van der Waals surface area (Å²) >= 11 is 0. The van der Waals surface area contributed by atoms with Crippen molar-refractivity contribution in [2.75, 3.05) is 5.32 Å². The molecule has 0 aliphatic carbocycles. The molecule has 3 N–H and O–H groups in total. The number of carbonyl (C=O) groups is 1. The molecular formula is C25H22FN3O3. The number of aromatic nitrogens is 1. The van der Waals surface area contributed by atoms with Crippen LogP contribution in [0, 0.1) is 19.8 Å². The zero-order chi connectivity index (χ0) is 23.0. The van der Waals surface area contributed by atoms with Crippen molar-refractivity contribution in [3.05, 3.63) is 93.2 Å². The lowest BCUT2D eigenvalue weighted by Gasteiger charge is -2.19. The summed E-state index contributed by atoms with van der Waals surface area (Å²) in [4.78, 5) is 28.5. The summed E-state index contributed by atoms with van der Waals surface area (Å²) in [5.74, 6) is -1.14. The third kappa shape index (κ3) is 3.85. The number of hydrogen-bond donors (Lipinski definition) is 2. The van der Waals surface area contributed by atoms with Gasteiger partial charge in [-0.2, -0.15) is 4.39 Å². The highest BCUT2D eigenvalue weighted by Crippen LogP contribution is 2.32. The lowest BCUT2D eigenvalue weighted by atomic mass is 9.98.